The lowest BCUT2D eigenvalue weighted by Crippen LogP contribution is -2.43. The van der Waals surface area contributed by atoms with Crippen LogP contribution in [0.1, 0.15) is 67.8 Å². The predicted octanol–water partition coefficient (Wildman–Crippen LogP) is 3.62. The van der Waals surface area contributed by atoms with Crippen LogP contribution in [0.5, 0.6) is 5.75 Å². The van der Waals surface area contributed by atoms with Gasteiger partial charge in [0.1, 0.15) is 11.4 Å². The zero-order valence-electron chi connectivity index (χ0n) is 19.5. The van der Waals surface area contributed by atoms with Crippen molar-refractivity contribution in [1.82, 2.24) is 10.4 Å². The number of ether oxygens (including phenoxy) is 3. The highest BCUT2D eigenvalue weighted by atomic mass is 16.8. The average Bonchev–Trinajstić information content (AvgIpc) is 3.05. The minimum absolute atomic E-state index is 0.00307. The van der Waals surface area contributed by atoms with Gasteiger partial charge in [-0.1, -0.05) is 6.07 Å². The summed E-state index contributed by atoms with van der Waals surface area (Å²) in [7, 11) is 0. The number of benzene rings is 1. The molecular weight excluding hydrogens is 440 g/mol. The molecule has 3 aliphatic heterocycles. The Hall–Kier alpha value is -2.91. The van der Waals surface area contributed by atoms with Gasteiger partial charge in [0.25, 0.3) is 5.91 Å². The van der Waals surface area contributed by atoms with Gasteiger partial charge in [0, 0.05) is 38.6 Å². The normalized spacial score (nSPS) is 24.9. The summed E-state index contributed by atoms with van der Waals surface area (Å²) in [5.41, 5.74) is 2.99. The minimum Gasteiger partial charge on any atom is -0.486 e. The van der Waals surface area contributed by atoms with Crippen LogP contribution >= 0.6 is 0 Å². The SMILES string of the molecule is CCOC(=O)N1CCCC2(CC1)CC(=O)c1cc(C=CC(=O)NOC3CCCCO3)ccc1O2. The number of hydrogen-bond acceptors (Lipinski definition) is 7. The molecule has 2 atom stereocenters. The molecule has 1 aromatic rings. The third-order valence-electron chi connectivity index (χ3n) is 6.39. The van der Waals surface area contributed by atoms with Crippen molar-refractivity contribution < 1.29 is 33.4 Å². The van der Waals surface area contributed by atoms with Crippen molar-refractivity contribution in [2.24, 2.45) is 0 Å². The van der Waals surface area contributed by atoms with E-state index in [0.717, 1.165) is 25.7 Å². The van der Waals surface area contributed by atoms with E-state index in [1.54, 1.807) is 30.0 Å². The van der Waals surface area contributed by atoms with E-state index in [2.05, 4.69) is 5.48 Å². The van der Waals surface area contributed by atoms with E-state index in [-0.39, 0.29) is 18.3 Å². The number of hydroxylamine groups is 1. The van der Waals surface area contributed by atoms with E-state index in [1.807, 2.05) is 6.07 Å². The fourth-order valence-corrected chi connectivity index (χ4v) is 4.59. The number of hydrogen-bond donors (Lipinski definition) is 1. The standard InChI is InChI=1S/C25H32N2O7/c1-2-31-24(30)27-13-5-11-25(12-14-27)17-20(28)19-16-18(7-9-21(19)33-25)8-10-22(29)26-34-23-6-3-4-15-32-23/h7-10,16,23H,2-6,11-15,17H2,1H3,(H,26,29). The zero-order chi connectivity index (χ0) is 24.0. The molecule has 4 rings (SSSR count). The van der Waals surface area contributed by atoms with E-state index in [4.69, 9.17) is 19.0 Å². The van der Waals surface area contributed by atoms with Crippen LogP contribution in [-0.4, -0.2) is 60.9 Å². The van der Waals surface area contributed by atoms with Gasteiger partial charge in [0.05, 0.1) is 18.6 Å². The van der Waals surface area contributed by atoms with E-state index in [9.17, 15) is 14.4 Å². The first-order valence-electron chi connectivity index (χ1n) is 12.0. The maximum Gasteiger partial charge on any atom is 0.409 e. The molecule has 34 heavy (non-hydrogen) atoms. The molecule has 2 amide bonds. The van der Waals surface area contributed by atoms with Gasteiger partial charge in [-0.15, -0.1) is 0 Å². The number of ketones is 1. The maximum atomic E-state index is 13.0. The summed E-state index contributed by atoms with van der Waals surface area (Å²) in [5.74, 6) is 0.140. The van der Waals surface area contributed by atoms with Gasteiger partial charge in [0.2, 0.25) is 0 Å². The fourth-order valence-electron chi connectivity index (χ4n) is 4.59. The van der Waals surface area contributed by atoms with Gasteiger partial charge in [-0.3, -0.25) is 9.59 Å². The summed E-state index contributed by atoms with van der Waals surface area (Å²) in [6.07, 6.45) is 7.28. The molecule has 0 aromatic heterocycles. The third kappa shape index (κ3) is 5.95. The van der Waals surface area contributed by atoms with Crippen LogP contribution in [-0.2, 0) is 19.1 Å². The first kappa shape index (κ1) is 24.2. The summed E-state index contributed by atoms with van der Waals surface area (Å²) >= 11 is 0. The Bertz CT molecular complexity index is 941. The zero-order valence-corrected chi connectivity index (χ0v) is 19.5. The Labute approximate surface area is 199 Å². The van der Waals surface area contributed by atoms with Crippen molar-refractivity contribution in [3.05, 3.63) is 35.4 Å². The average molecular weight is 473 g/mol. The second kappa shape index (κ2) is 11.0. The molecule has 2 saturated heterocycles. The Morgan fingerprint density at radius 1 is 1.24 bits per heavy atom. The highest BCUT2D eigenvalue weighted by Crippen LogP contribution is 2.39. The van der Waals surface area contributed by atoms with Crippen LogP contribution in [0.15, 0.2) is 24.3 Å². The van der Waals surface area contributed by atoms with Crippen LogP contribution < -0.4 is 10.2 Å². The van der Waals surface area contributed by atoms with Crippen molar-refractivity contribution in [3.63, 3.8) is 0 Å². The van der Waals surface area contributed by atoms with Crippen molar-refractivity contribution >= 4 is 23.9 Å². The second-order valence-electron chi connectivity index (χ2n) is 8.89. The van der Waals surface area contributed by atoms with Crippen LogP contribution in [0.25, 0.3) is 6.08 Å². The van der Waals surface area contributed by atoms with Crippen LogP contribution in [0.2, 0.25) is 0 Å². The van der Waals surface area contributed by atoms with Gasteiger partial charge in [-0.25, -0.2) is 15.1 Å². The van der Waals surface area contributed by atoms with E-state index >= 15 is 0 Å². The summed E-state index contributed by atoms with van der Waals surface area (Å²) in [4.78, 5) is 44.1. The second-order valence-corrected chi connectivity index (χ2v) is 8.89. The van der Waals surface area contributed by atoms with Gasteiger partial charge in [-0.2, -0.15) is 0 Å². The number of carbonyl (C=O) groups excluding carboxylic acids is 3. The van der Waals surface area contributed by atoms with Crippen LogP contribution in [0, 0.1) is 0 Å². The third-order valence-corrected chi connectivity index (χ3v) is 6.39. The molecule has 0 radical (unpaired) electrons. The monoisotopic (exact) mass is 472 g/mol. The summed E-state index contributed by atoms with van der Waals surface area (Å²) < 4.78 is 16.9. The molecule has 3 heterocycles. The molecule has 3 aliphatic rings. The Morgan fingerprint density at radius 3 is 2.91 bits per heavy atom. The molecule has 2 unspecified atom stereocenters. The molecule has 1 spiro atoms. The van der Waals surface area contributed by atoms with Crippen molar-refractivity contribution in [2.75, 3.05) is 26.3 Å². The smallest absolute Gasteiger partial charge is 0.409 e. The predicted molar refractivity (Wildman–Crippen MR) is 123 cm³/mol. The van der Waals surface area contributed by atoms with Gasteiger partial charge in [-0.05, 0) is 56.4 Å². The summed E-state index contributed by atoms with van der Waals surface area (Å²) in [5, 5.41) is 0. The van der Waals surface area contributed by atoms with Crippen molar-refractivity contribution in [3.8, 4) is 5.75 Å². The first-order chi connectivity index (χ1) is 16.5. The quantitative estimate of drug-likeness (QED) is 0.516. The molecule has 1 aromatic carbocycles. The van der Waals surface area contributed by atoms with Gasteiger partial charge in [0.15, 0.2) is 12.1 Å². The molecule has 0 aliphatic carbocycles. The largest absolute Gasteiger partial charge is 0.486 e. The lowest BCUT2D eigenvalue weighted by molar-refractivity contribution is -0.198. The number of Topliss-reactive ketones (excluding diaryl/α,β-unsaturated/α-hetero) is 1. The molecule has 9 heteroatoms. The first-order valence-corrected chi connectivity index (χ1v) is 12.0. The number of nitrogens with zero attached hydrogens (tertiary/aromatic N) is 1. The highest BCUT2D eigenvalue weighted by molar-refractivity contribution is 6.01. The molecular formula is C25H32N2O7. The Balaban J connectivity index is 1.36. The van der Waals surface area contributed by atoms with Crippen molar-refractivity contribution in [1.29, 1.82) is 0 Å². The van der Waals surface area contributed by atoms with E-state index in [0.29, 0.717) is 56.0 Å². The lowest BCUT2D eigenvalue weighted by Gasteiger charge is -2.37. The highest BCUT2D eigenvalue weighted by Gasteiger charge is 2.42. The van der Waals surface area contributed by atoms with E-state index in [1.165, 1.54) is 6.08 Å². The Kier molecular flexibility index (Phi) is 7.84. The molecule has 1 N–H and O–H groups in total. The molecule has 184 valence electrons. The number of fused-ring (bicyclic) bond motifs is 1. The molecule has 2 fully saturated rings. The van der Waals surface area contributed by atoms with Crippen LogP contribution in [0.3, 0.4) is 0 Å². The summed E-state index contributed by atoms with van der Waals surface area (Å²) in [6, 6.07) is 5.31. The molecule has 0 bridgehead atoms. The minimum atomic E-state index is -0.610. The maximum absolute atomic E-state index is 13.0. The van der Waals surface area contributed by atoms with E-state index < -0.39 is 17.8 Å². The molecule has 9 nitrogen and oxygen atoms in total. The van der Waals surface area contributed by atoms with Crippen molar-refractivity contribution in [2.45, 2.75) is 63.8 Å². The Morgan fingerprint density at radius 2 is 2.12 bits per heavy atom. The summed E-state index contributed by atoms with van der Waals surface area (Å²) in [6.45, 7) is 3.83. The fraction of sp³-hybridized carbons (Fsp3) is 0.560. The number of amides is 2. The number of rotatable bonds is 5. The van der Waals surface area contributed by atoms with Crippen LogP contribution in [0.4, 0.5) is 4.79 Å². The molecule has 0 saturated carbocycles. The topological polar surface area (TPSA) is 103 Å². The number of likely N-dealkylation sites (tertiary alicyclic amines) is 1. The number of carbonyl (C=O) groups is 3. The number of nitrogens with one attached hydrogen (secondary N) is 1. The van der Waals surface area contributed by atoms with Gasteiger partial charge < -0.3 is 19.1 Å². The lowest BCUT2D eigenvalue weighted by atomic mass is 9.84. The van der Waals surface area contributed by atoms with Gasteiger partial charge >= 0.3 is 6.09 Å².